The third-order valence-corrected chi connectivity index (χ3v) is 3.55. The van der Waals surface area contributed by atoms with Crippen molar-refractivity contribution in [3.05, 3.63) is 29.6 Å². The second-order valence-electron chi connectivity index (χ2n) is 4.96. The molecule has 7 heteroatoms. The molecule has 0 spiro atoms. The average Bonchev–Trinajstić information content (AvgIpc) is 2.75. The van der Waals surface area contributed by atoms with Crippen LogP contribution < -0.4 is 11.1 Å². The molecule has 1 saturated heterocycles. The zero-order valence-corrected chi connectivity index (χ0v) is 10.9. The summed E-state index contributed by atoms with van der Waals surface area (Å²) in [7, 11) is 0. The lowest BCUT2D eigenvalue weighted by Crippen LogP contribution is -2.49. The molecule has 1 fully saturated rings. The van der Waals surface area contributed by atoms with E-state index in [9.17, 15) is 19.1 Å². The van der Waals surface area contributed by atoms with Crippen LogP contribution in [-0.2, 0) is 9.53 Å². The van der Waals surface area contributed by atoms with E-state index in [0.717, 1.165) is 6.07 Å². The van der Waals surface area contributed by atoms with E-state index in [2.05, 4.69) is 5.32 Å². The van der Waals surface area contributed by atoms with Gasteiger partial charge in [0.25, 0.3) is 5.91 Å². The highest BCUT2D eigenvalue weighted by Gasteiger charge is 2.47. The predicted molar refractivity (Wildman–Crippen MR) is 68.6 cm³/mol. The maximum absolute atomic E-state index is 13.3. The molecule has 1 aromatic carbocycles. The average molecular weight is 282 g/mol. The Labute approximate surface area is 114 Å². The summed E-state index contributed by atoms with van der Waals surface area (Å²) < 4.78 is 18.4. The molecule has 0 aromatic heterocycles. The highest BCUT2D eigenvalue weighted by atomic mass is 19.1. The Morgan fingerprint density at radius 1 is 1.55 bits per heavy atom. The van der Waals surface area contributed by atoms with Crippen LogP contribution in [0.4, 0.5) is 10.1 Å². The summed E-state index contributed by atoms with van der Waals surface area (Å²) in [4.78, 5) is 23.3. The molecule has 6 nitrogen and oxygen atoms in total. The Balaban J connectivity index is 2.20. The van der Waals surface area contributed by atoms with Crippen molar-refractivity contribution in [1.82, 2.24) is 5.32 Å². The molecule has 108 valence electrons. The standard InChI is InChI=1S/C13H15FN2O4/c1-13(12(18)19)6-20-5-9(13)16-11(17)7-3-2-4-8(14)10(7)15/h2-4,9H,5-6,15H2,1H3,(H,16,17)(H,18,19). The van der Waals surface area contributed by atoms with Gasteiger partial charge in [0.2, 0.25) is 0 Å². The van der Waals surface area contributed by atoms with Gasteiger partial charge in [-0.1, -0.05) is 6.07 Å². The van der Waals surface area contributed by atoms with Crippen LogP contribution in [0.2, 0.25) is 0 Å². The number of aliphatic carboxylic acids is 1. The van der Waals surface area contributed by atoms with Gasteiger partial charge in [0.1, 0.15) is 11.2 Å². The maximum atomic E-state index is 13.3. The summed E-state index contributed by atoms with van der Waals surface area (Å²) in [5.74, 6) is -2.38. The van der Waals surface area contributed by atoms with Crippen LogP contribution in [0.1, 0.15) is 17.3 Å². The number of benzene rings is 1. The van der Waals surface area contributed by atoms with Crippen molar-refractivity contribution in [3.8, 4) is 0 Å². The van der Waals surface area contributed by atoms with E-state index in [1.165, 1.54) is 19.1 Å². The normalized spacial score (nSPS) is 25.4. The second kappa shape index (κ2) is 5.09. The summed E-state index contributed by atoms with van der Waals surface area (Å²) in [5.41, 5.74) is 4.00. The number of carbonyl (C=O) groups excluding carboxylic acids is 1. The van der Waals surface area contributed by atoms with Gasteiger partial charge in [-0.3, -0.25) is 9.59 Å². The van der Waals surface area contributed by atoms with Crippen molar-refractivity contribution >= 4 is 17.6 Å². The van der Waals surface area contributed by atoms with Crippen LogP contribution in [0.15, 0.2) is 18.2 Å². The number of rotatable bonds is 3. The van der Waals surface area contributed by atoms with Gasteiger partial charge in [0.05, 0.1) is 30.5 Å². The SMILES string of the molecule is CC1(C(=O)O)COCC1NC(=O)c1cccc(F)c1N. The van der Waals surface area contributed by atoms with Crippen LogP contribution >= 0.6 is 0 Å². The van der Waals surface area contributed by atoms with E-state index in [-0.39, 0.29) is 24.5 Å². The molecule has 2 rings (SSSR count). The molecule has 2 unspecified atom stereocenters. The minimum atomic E-state index is -1.21. The number of hydrogen-bond donors (Lipinski definition) is 3. The number of carbonyl (C=O) groups is 2. The number of hydrogen-bond acceptors (Lipinski definition) is 4. The summed E-state index contributed by atoms with van der Waals surface area (Å²) in [5, 5.41) is 11.8. The quantitative estimate of drug-likeness (QED) is 0.706. The van der Waals surface area contributed by atoms with Gasteiger partial charge < -0.3 is 20.9 Å². The first-order valence-electron chi connectivity index (χ1n) is 6.02. The molecular weight excluding hydrogens is 267 g/mol. The van der Waals surface area contributed by atoms with Gasteiger partial charge in [-0.05, 0) is 19.1 Å². The minimum Gasteiger partial charge on any atom is -0.481 e. The predicted octanol–water partition coefficient (Wildman–Crippen LogP) is 0.627. The van der Waals surface area contributed by atoms with E-state index in [1.54, 1.807) is 0 Å². The van der Waals surface area contributed by atoms with Crippen LogP contribution in [0.25, 0.3) is 0 Å². The number of nitrogen functional groups attached to an aromatic ring is 1. The first-order chi connectivity index (χ1) is 9.36. The van der Waals surface area contributed by atoms with Crippen molar-refractivity contribution in [2.24, 2.45) is 5.41 Å². The topological polar surface area (TPSA) is 102 Å². The number of nitrogens with two attached hydrogens (primary N) is 1. The second-order valence-corrected chi connectivity index (χ2v) is 4.96. The van der Waals surface area contributed by atoms with Crippen LogP contribution in [0.3, 0.4) is 0 Å². The zero-order valence-electron chi connectivity index (χ0n) is 10.9. The number of ether oxygens (including phenoxy) is 1. The van der Waals surface area contributed by atoms with E-state index in [4.69, 9.17) is 10.5 Å². The van der Waals surface area contributed by atoms with Gasteiger partial charge in [0.15, 0.2) is 0 Å². The number of carboxylic acids is 1. The molecular formula is C13H15FN2O4. The molecule has 2 atom stereocenters. The van der Waals surface area contributed by atoms with Crippen LogP contribution in [-0.4, -0.2) is 36.2 Å². The molecule has 0 bridgehead atoms. The Bertz CT molecular complexity index is 563. The smallest absolute Gasteiger partial charge is 0.313 e. The van der Waals surface area contributed by atoms with E-state index in [0.29, 0.717) is 0 Å². The molecule has 20 heavy (non-hydrogen) atoms. The Hall–Kier alpha value is -2.15. The number of halogens is 1. The fourth-order valence-electron chi connectivity index (χ4n) is 2.06. The highest BCUT2D eigenvalue weighted by Crippen LogP contribution is 2.29. The van der Waals surface area contributed by atoms with E-state index >= 15 is 0 Å². The number of nitrogens with one attached hydrogen (secondary N) is 1. The van der Waals surface area contributed by atoms with Gasteiger partial charge >= 0.3 is 5.97 Å². The molecule has 0 radical (unpaired) electrons. The molecule has 0 aliphatic carbocycles. The molecule has 1 aliphatic heterocycles. The summed E-state index contributed by atoms with van der Waals surface area (Å²) >= 11 is 0. The molecule has 1 aromatic rings. The number of amides is 1. The number of carboxylic acid groups (broad SMARTS) is 1. The van der Waals surface area contributed by atoms with Crippen molar-refractivity contribution in [1.29, 1.82) is 0 Å². The Morgan fingerprint density at radius 3 is 2.90 bits per heavy atom. The number of anilines is 1. The minimum absolute atomic E-state index is 0.00587. The first kappa shape index (κ1) is 14.3. The van der Waals surface area contributed by atoms with Crippen molar-refractivity contribution in [3.63, 3.8) is 0 Å². The number of para-hydroxylation sites is 1. The lowest BCUT2D eigenvalue weighted by Gasteiger charge is -2.25. The zero-order chi connectivity index (χ0) is 14.9. The monoisotopic (exact) mass is 282 g/mol. The Kier molecular flexibility index (Phi) is 3.63. The molecule has 1 aliphatic rings. The van der Waals surface area contributed by atoms with Crippen LogP contribution in [0, 0.1) is 11.2 Å². The molecule has 4 N–H and O–H groups in total. The summed E-state index contributed by atoms with van der Waals surface area (Å²) in [6, 6.07) is 3.19. The van der Waals surface area contributed by atoms with E-state index in [1.807, 2.05) is 0 Å². The summed E-state index contributed by atoms with van der Waals surface area (Å²) in [6.45, 7) is 1.58. The van der Waals surface area contributed by atoms with E-state index < -0.39 is 29.2 Å². The molecule has 1 amide bonds. The maximum Gasteiger partial charge on any atom is 0.313 e. The van der Waals surface area contributed by atoms with Crippen LogP contribution in [0.5, 0.6) is 0 Å². The van der Waals surface area contributed by atoms with Crippen molar-refractivity contribution in [2.45, 2.75) is 13.0 Å². The van der Waals surface area contributed by atoms with Gasteiger partial charge in [-0.15, -0.1) is 0 Å². The van der Waals surface area contributed by atoms with Crippen molar-refractivity contribution < 1.29 is 23.8 Å². The third kappa shape index (κ3) is 2.32. The first-order valence-corrected chi connectivity index (χ1v) is 6.02. The van der Waals surface area contributed by atoms with Gasteiger partial charge in [0, 0.05) is 0 Å². The fraction of sp³-hybridized carbons (Fsp3) is 0.385. The van der Waals surface area contributed by atoms with Gasteiger partial charge in [-0.25, -0.2) is 4.39 Å². The third-order valence-electron chi connectivity index (χ3n) is 3.55. The van der Waals surface area contributed by atoms with Gasteiger partial charge in [-0.2, -0.15) is 0 Å². The van der Waals surface area contributed by atoms with Crippen molar-refractivity contribution in [2.75, 3.05) is 18.9 Å². The summed E-state index contributed by atoms with van der Waals surface area (Å²) in [6.07, 6.45) is 0. The largest absolute Gasteiger partial charge is 0.481 e. The fourth-order valence-corrected chi connectivity index (χ4v) is 2.06. The molecule has 0 saturated carbocycles. The molecule has 1 heterocycles. The lowest BCUT2D eigenvalue weighted by atomic mass is 9.85. The lowest BCUT2D eigenvalue weighted by molar-refractivity contribution is -0.148. The Morgan fingerprint density at radius 2 is 2.25 bits per heavy atom. The highest BCUT2D eigenvalue weighted by molar-refractivity contribution is 5.99.